The number of aliphatic imine (C=N–C) groups is 1. The maximum absolute atomic E-state index is 4.84. The van der Waals surface area contributed by atoms with Crippen LogP contribution < -0.4 is 10.6 Å². The van der Waals surface area contributed by atoms with Gasteiger partial charge in [0.1, 0.15) is 12.2 Å². The maximum atomic E-state index is 4.84. The van der Waals surface area contributed by atoms with Crippen LogP contribution in [0.5, 0.6) is 0 Å². The third-order valence-corrected chi connectivity index (χ3v) is 5.53. The number of nitrogens with one attached hydrogen (secondary N) is 3. The number of aromatic nitrogens is 4. The summed E-state index contributed by atoms with van der Waals surface area (Å²) in [6, 6.07) is 18.9. The van der Waals surface area contributed by atoms with Gasteiger partial charge in [0, 0.05) is 49.7 Å². The lowest BCUT2D eigenvalue weighted by atomic mass is 10.1. The molecule has 3 N–H and O–H groups in total. The van der Waals surface area contributed by atoms with Gasteiger partial charge >= 0.3 is 0 Å². The molecule has 2 aromatic heterocycles. The quantitative estimate of drug-likeness (QED) is 0.267. The molecule has 0 aliphatic rings. The first-order chi connectivity index (χ1) is 15.8. The van der Waals surface area contributed by atoms with Crippen LogP contribution in [0.2, 0.25) is 0 Å². The van der Waals surface area contributed by atoms with Crippen molar-refractivity contribution in [3.05, 3.63) is 84.1 Å². The van der Waals surface area contributed by atoms with Crippen LogP contribution in [0, 0.1) is 0 Å². The fourth-order valence-corrected chi connectivity index (χ4v) is 3.81. The lowest BCUT2D eigenvalue weighted by molar-refractivity contribution is 0.631. The Labute approximate surface area is 189 Å². The number of fused-ring (bicyclic) bond motifs is 1. The van der Waals surface area contributed by atoms with Gasteiger partial charge in [-0.1, -0.05) is 55.5 Å². The standard InChI is InChI=1S/C25H31N7/c1-2-24-31-30-19-32(24)17-16-28-25(26-14-12-20-8-4-3-5-9-20)27-15-13-21-18-29-23-11-7-6-10-22(21)23/h3-11,18-19,29H,2,12-17H2,1H3,(H2,26,27,28). The van der Waals surface area contributed by atoms with Crippen LogP contribution in [0.3, 0.4) is 0 Å². The highest BCUT2D eigenvalue weighted by molar-refractivity contribution is 5.83. The molecule has 0 bridgehead atoms. The molecule has 166 valence electrons. The van der Waals surface area contributed by atoms with E-state index >= 15 is 0 Å². The number of H-pyrrole nitrogens is 1. The Hall–Kier alpha value is -3.61. The number of hydrogen-bond acceptors (Lipinski definition) is 3. The average molecular weight is 430 g/mol. The van der Waals surface area contributed by atoms with Gasteiger partial charge in [0.2, 0.25) is 0 Å². The summed E-state index contributed by atoms with van der Waals surface area (Å²) in [5.41, 5.74) is 3.78. The van der Waals surface area contributed by atoms with Gasteiger partial charge < -0.3 is 20.2 Å². The molecule has 4 rings (SSSR count). The van der Waals surface area contributed by atoms with E-state index in [0.717, 1.165) is 57.2 Å². The predicted molar refractivity (Wildman–Crippen MR) is 130 cm³/mol. The molecule has 32 heavy (non-hydrogen) atoms. The van der Waals surface area contributed by atoms with E-state index in [1.54, 1.807) is 6.33 Å². The molecule has 0 fully saturated rings. The topological polar surface area (TPSA) is 82.9 Å². The maximum Gasteiger partial charge on any atom is 0.191 e. The summed E-state index contributed by atoms with van der Waals surface area (Å²) in [6.07, 6.45) is 6.60. The van der Waals surface area contributed by atoms with Crippen molar-refractivity contribution in [2.75, 3.05) is 19.6 Å². The fraction of sp³-hybridized carbons (Fsp3) is 0.320. The van der Waals surface area contributed by atoms with Crippen molar-refractivity contribution in [1.82, 2.24) is 30.4 Å². The molecule has 0 unspecified atom stereocenters. The van der Waals surface area contributed by atoms with Crippen molar-refractivity contribution >= 4 is 16.9 Å². The smallest absolute Gasteiger partial charge is 0.191 e. The molecule has 2 aromatic carbocycles. The number of nitrogens with zero attached hydrogens (tertiary/aromatic N) is 4. The minimum absolute atomic E-state index is 0.718. The molecule has 0 aliphatic heterocycles. The molecule has 2 heterocycles. The van der Waals surface area contributed by atoms with Crippen LogP contribution in [0.1, 0.15) is 23.9 Å². The van der Waals surface area contributed by atoms with Gasteiger partial charge in [-0.15, -0.1) is 10.2 Å². The van der Waals surface area contributed by atoms with Crippen molar-refractivity contribution in [2.45, 2.75) is 32.7 Å². The first-order valence-corrected chi connectivity index (χ1v) is 11.3. The van der Waals surface area contributed by atoms with E-state index in [9.17, 15) is 0 Å². The summed E-state index contributed by atoms with van der Waals surface area (Å²) in [4.78, 5) is 8.18. The Kier molecular flexibility index (Phi) is 7.52. The number of hydrogen-bond donors (Lipinski definition) is 3. The summed E-state index contributed by atoms with van der Waals surface area (Å²) >= 11 is 0. The molecule has 0 spiro atoms. The van der Waals surface area contributed by atoms with Crippen molar-refractivity contribution in [3.63, 3.8) is 0 Å². The third kappa shape index (κ3) is 5.75. The normalized spacial score (nSPS) is 11.7. The zero-order valence-corrected chi connectivity index (χ0v) is 18.6. The van der Waals surface area contributed by atoms with E-state index in [1.165, 1.54) is 22.0 Å². The highest BCUT2D eigenvalue weighted by Crippen LogP contribution is 2.17. The summed E-state index contributed by atoms with van der Waals surface area (Å²) in [5, 5.41) is 16.4. The van der Waals surface area contributed by atoms with Crippen molar-refractivity contribution in [1.29, 1.82) is 0 Å². The molecule has 0 saturated heterocycles. The van der Waals surface area contributed by atoms with Gasteiger partial charge in [-0.2, -0.15) is 0 Å². The highest BCUT2D eigenvalue weighted by atomic mass is 15.3. The van der Waals surface area contributed by atoms with Crippen LogP contribution >= 0.6 is 0 Å². The van der Waals surface area contributed by atoms with Crippen molar-refractivity contribution in [2.24, 2.45) is 4.99 Å². The second-order valence-corrected chi connectivity index (χ2v) is 7.72. The molecule has 0 amide bonds. The van der Waals surface area contributed by atoms with E-state index in [-0.39, 0.29) is 0 Å². The molecule has 7 heteroatoms. The molecule has 7 nitrogen and oxygen atoms in total. The molecule has 4 aromatic rings. The van der Waals surface area contributed by atoms with Crippen LogP contribution in [-0.2, 0) is 25.8 Å². The lowest BCUT2D eigenvalue weighted by Gasteiger charge is -2.13. The van der Waals surface area contributed by atoms with Gasteiger partial charge in [0.15, 0.2) is 5.96 Å². The predicted octanol–water partition coefficient (Wildman–Crippen LogP) is 3.34. The highest BCUT2D eigenvalue weighted by Gasteiger charge is 2.05. The van der Waals surface area contributed by atoms with Crippen LogP contribution in [0.25, 0.3) is 10.9 Å². The summed E-state index contributed by atoms with van der Waals surface area (Å²) < 4.78 is 2.08. The van der Waals surface area contributed by atoms with Gasteiger partial charge in [-0.25, -0.2) is 0 Å². The molecule has 0 saturated carbocycles. The average Bonchev–Trinajstić information content (AvgIpc) is 3.46. The Balaban J connectivity index is 1.35. The Bertz CT molecular complexity index is 1130. The van der Waals surface area contributed by atoms with E-state index in [0.29, 0.717) is 0 Å². The van der Waals surface area contributed by atoms with Gasteiger partial charge in [-0.3, -0.25) is 4.99 Å². The van der Waals surface area contributed by atoms with Crippen LogP contribution in [0.4, 0.5) is 0 Å². The van der Waals surface area contributed by atoms with E-state index in [4.69, 9.17) is 4.99 Å². The van der Waals surface area contributed by atoms with E-state index < -0.39 is 0 Å². The molecule has 0 atom stereocenters. The van der Waals surface area contributed by atoms with E-state index in [2.05, 4.69) is 92.0 Å². The molecule has 0 aliphatic carbocycles. The zero-order valence-electron chi connectivity index (χ0n) is 18.6. The summed E-state index contributed by atoms with van der Waals surface area (Å²) in [5.74, 6) is 1.84. The second kappa shape index (κ2) is 11.1. The summed E-state index contributed by atoms with van der Waals surface area (Å²) in [6.45, 7) is 5.20. The van der Waals surface area contributed by atoms with Gasteiger partial charge in [0.05, 0.1) is 0 Å². The van der Waals surface area contributed by atoms with Gasteiger partial charge in [0.25, 0.3) is 0 Å². The van der Waals surface area contributed by atoms with E-state index in [1.807, 2.05) is 6.07 Å². The van der Waals surface area contributed by atoms with Crippen molar-refractivity contribution < 1.29 is 0 Å². The largest absolute Gasteiger partial charge is 0.361 e. The summed E-state index contributed by atoms with van der Waals surface area (Å²) in [7, 11) is 0. The molecular weight excluding hydrogens is 398 g/mol. The Morgan fingerprint density at radius 2 is 1.81 bits per heavy atom. The first kappa shape index (κ1) is 21.6. The van der Waals surface area contributed by atoms with Crippen molar-refractivity contribution in [3.8, 4) is 0 Å². The third-order valence-electron chi connectivity index (χ3n) is 5.53. The SMILES string of the molecule is CCc1nncn1CCNC(=NCCc1c[nH]c2ccccc12)NCCc1ccccc1. The minimum Gasteiger partial charge on any atom is -0.361 e. The minimum atomic E-state index is 0.718. The first-order valence-electron chi connectivity index (χ1n) is 11.3. The van der Waals surface area contributed by atoms with Crippen LogP contribution in [0.15, 0.2) is 72.1 Å². The fourth-order valence-electron chi connectivity index (χ4n) is 3.81. The molecule has 0 radical (unpaired) electrons. The Morgan fingerprint density at radius 1 is 1.00 bits per heavy atom. The monoisotopic (exact) mass is 429 g/mol. The molecular formula is C25H31N7. The van der Waals surface area contributed by atoms with Gasteiger partial charge in [-0.05, 0) is 30.0 Å². The Morgan fingerprint density at radius 3 is 2.69 bits per heavy atom. The number of para-hydroxylation sites is 1. The number of guanidine groups is 1. The number of aryl methyl sites for hydroxylation is 1. The number of aromatic amines is 1. The zero-order chi connectivity index (χ0) is 22.0. The number of rotatable bonds is 10. The second-order valence-electron chi connectivity index (χ2n) is 7.72. The number of benzene rings is 2. The van der Waals surface area contributed by atoms with Crippen LogP contribution in [-0.4, -0.2) is 45.3 Å². The lowest BCUT2D eigenvalue weighted by Crippen LogP contribution is -2.40.